The van der Waals surface area contributed by atoms with Crippen LogP contribution in [0.2, 0.25) is 10.2 Å². The van der Waals surface area contributed by atoms with Crippen molar-refractivity contribution in [3.05, 3.63) is 57.7 Å². The Bertz CT molecular complexity index is 542. The van der Waals surface area contributed by atoms with Crippen LogP contribution in [0.4, 0.5) is 4.39 Å². The maximum absolute atomic E-state index is 13.9. The van der Waals surface area contributed by atoms with Crippen molar-refractivity contribution >= 4 is 23.2 Å². The average Bonchev–Trinajstić information content (AvgIpc) is 2.73. The molecule has 1 aromatic carbocycles. The number of furan rings is 1. The van der Waals surface area contributed by atoms with Crippen LogP contribution < -0.4 is 5.32 Å². The fourth-order valence-electron chi connectivity index (χ4n) is 1.79. The first-order chi connectivity index (χ1) is 8.61. The molecule has 2 rings (SSSR count). The quantitative estimate of drug-likeness (QED) is 0.900. The summed E-state index contributed by atoms with van der Waals surface area (Å²) in [6, 6.07) is 7.56. The van der Waals surface area contributed by atoms with Crippen molar-refractivity contribution < 1.29 is 8.81 Å². The number of halogens is 3. The maximum Gasteiger partial charge on any atom is 0.193 e. The van der Waals surface area contributed by atoms with Gasteiger partial charge in [-0.25, -0.2) is 4.39 Å². The Morgan fingerprint density at radius 1 is 1.28 bits per heavy atom. The van der Waals surface area contributed by atoms with Crippen LogP contribution in [0.3, 0.4) is 0 Å². The zero-order valence-electron chi connectivity index (χ0n) is 9.71. The van der Waals surface area contributed by atoms with Crippen molar-refractivity contribution in [1.82, 2.24) is 5.32 Å². The van der Waals surface area contributed by atoms with Crippen LogP contribution in [0.25, 0.3) is 0 Å². The van der Waals surface area contributed by atoms with Crippen LogP contribution >= 0.6 is 23.2 Å². The average molecular weight is 288 g/mol. The SMILES string of the molecule is CCNC(c1ccc(Cl)o1)c1ccc(Cl)cc1F. The Morgan fingerprint density at radius 3 is 2.61 bits per heavy atom. The van der Waals surface area contributed by atoms with Crippen LogP contribution in [-0.4, -0.2) is 6.54 Å². The second kappa shape index (κ2) is 5.74. The molecule has 1 heterocycles. The lowest BCUT2D eigenvalue weighted by molar-refractivity contribution is 0.443. The molecule has 2 nitrogen and oxygen atoms in total. The van der Waals surface area contributed by atoms with Crippen LogP contribution in [-0.2, 0) is 0 Å². The molecule has 0 aliphatic carbocycles. The van der Waals surface area contributed by atoms with Gasteiger partial charge in [-0.1, -0.05) is 24.6 Å². The van der Waals surface area contributed by atoms with E-state index in [0.29, 0.717) is 22.9 Å². The van der Waals surface area contributed by atoms with Crippen molar-refractivity contribution in [3.63, 3.8) is 0 Å². The molecule has 0 saturated carbocycles. The molecule has 2 aromatic rings. The number of nitrogens with one attached hydrogen (secondary N) is 1. The third kappa shape index (κ3) is 2.86. The zero-order valence-corrected chi connectivity index (χ0v) is 11.2. The fraction of sp³-hybridized carbons (Fsp3) is 0.231. The second-order valence-corrected chi connectivity index (χ2v) is 4.61. The van der Waals surface area contributed by atoms with E-state index in [4.69, 9.17) is 27.6 Å². The lowest BCUT2D eigenvalue weighted by atomic mass is 10.0. The van der Waals surface area contributed by atoms with E-state index >= 15 is 0 Å². The summed E-state index contributed by atoms with van der Waals surface area (Å²) in [5, 5.41) is 3.80. The number of hydrogen-bond acceptors (Lipinski definition) is 2. The molecule has 0 saturated heterocycles. The van der Waals surface area contributed by atoms with E-state index in [1.165, 1.54) is 6.07 Å². The summed E-state index contributed by atoms with van der Waals surface area (Å²) in [6.45, 7) is 2.61. The van der Waals surface area contributed by atoms with Crippen LogP contribution in [0, 0.1) is 5.82 Å². The van der Waals surface area contributed by atoms with Gasteiger partial charge in [0.2, 0.25) is 0 Å². The van der Waals surface area contributed by atoms with Gasteiger partial charge in [0.25, 0.3) is 0 Å². The van der Waals surface area contributed by atoms with E-state index in [2.05, 4.69) is 5.32 Å². The lowest BCUT2D eigenvalue weighted by Gasteiger charge is -2.16. The van der Waals surface area contributed by atoms with Gasteiger partial charge in [-0.05, 0) is 42.4 Å². The van der Waals surface area contributed by atoms with Crippen molar-refractivity contribution in [3.8, 4) is 0 Å². The van der Waals surface area contributed by atoms with Gasteiger partial charge in [-0.15, -0.1) is 0 Å². The summed E-state index contributed by atoms with van der Waals surface area (Å²) in [5.74, 6) is 0.198. The van der Waals surface area contributed by atoms with Crippen LogP contribution in [0.5, 0.6) is 0 Å². The smallest absolute Gasteiger partial charge is 0.193 e. The normalized spacial score (nSPS) is 12.7. The first-order valence-corrected chi connectivity index (χ1v) is 6.31. The summed E-state index contributed by atoms with van der Waals surface area (Å²) in [4.78, 5) is 0. The molecule has 0 aliphatic rings. The van der Waals surface area contributed by atoms with E-state index in [9.17, 15) is 4.39 Å². The van der Waals surface area contributed by atoms with Gasteiger partial charge >= 0.3 is 0 Å². The Hall–Kier alpha value is -1.03. The second-order valence-electron chi connectivity index (χ2n) is 3.80. The van der Waals surface area contributed by atoms with E-state index in [1.807, 2.05) is 6.92 Å². The third-order valence-electron chi connectivity index (χ3n) is 2.56. The molecule has 1 N–H and O–H groups in total. The Morgan fingerprint density at radius 2 is 2.06 bits per heavy atom. The van der Waals surface area contributed by atoms with Crippen molar-refractivity contribution in [2.24, 2.45) is 0 Å². The van der Waals surface area contributed by atoms with Gasteiger partial charge in [-0.3, -0.25) is 0 Å². The van der Waals surface area contributed by atoms with Crippen LogP contribution in [0.1, 0.15) is 24.3 Å². The number of rotatable bonds is 4. The zero-order chi connectivity index (χ0) is 13.1. The molecule has 0 bridgehead atoms. The molecular weight excluding hydrogens is 276 g/mol. The van der Waals surface area contributed by atoms with Gasteiger partial charge in [0, 0.05) is 10.6 Å². The first kappa shape index (κ1) is 13.4. The minimum Gasteiger partial charge on any atom is -0.448 e. The highest BCUT2D eigenvalue weighted by Gasteiger charge is 2.20. The van der Waals surface area contributed by atoms with E-state index in [-0.39, 0.29) is 17.1 Å². The summed E-state index contributed by atoms with van der Waals surface area (Å²) >= 11 is 11.5. The highest BCUT2D eigenvalue weighted by Crippen LogP contribution is 2.28. The molecule has 0 amide bonds. The van der Waals surface area contributed by atoms with Gasteiger partial charge in [0.05, 0.1) is 6.04 Å². The van der Waals surface area contributed by atoms with E-state index < -0.39 is 0 Å². The van der Waals surface area contributed by atoms with Gasteiger partial charge in [0.15, 0.2) is 5.22 Å². The molecule has 0 spiro atoms. The fourth-order valence-corrected chi connectivity index (χ4v) is 2.10. The predicted molar refractivity (Wildman–Crippen MR) is 70.6 cm³/mol. The molecular formula is C13H12Cl2FNO. The highest BCUT2D eigenvalue weighted by molar-refractivity contribution is 6.30. The monoisotopic (exact) mass is 287 g/mol. The molecule has 18 heavy (non-hydrogen) atoms. The topological polar surface area (TPSA) is 25.2 Å². The van der Waals surface area contributed by atoms with Gasteiger partial charge in [0.1, 0.15) is 11.6 Å². The molecule has 96 valence electrons. The minimum atomic E-state index is -0.375. The Labute approximate surface area is 115 Å². The largest absolute Gasteiger partial charge is 0.448 e. The van der Waals surface area contributed by atoms with E-state index in [1.54, 1.807) is 24.3 Å². The molecule has 0 aliphatic heterocycles. The third-order valence-corrected chi connectivity index (χ3v) is 3.00. The first-order valence-electron chi connectivity index (χ1n) is 5.55. The maximum atomic E-state index is 13.9. The minimum absolute atomic E-state index is 0.280. The number of benzene rings is 1. The lowest BCUT2D eigenvalue weighted by Crippen LogP contribution is -2.22. The predicted octanol–water partition coefficient (Wildman–Crippen LogP) is 4.42. The van der Waals surface area contributed by atoms with Crippen LogP contribution in [0.15, 0.2) is 34.7 Å². The summed E-state index contributed by atoms with van der Waals surface area (Å²) in [5.41, 5.74) is 0.479. The molecule has 0 fully saturated rings. The Balaban J connectivity index is 2.41. The van der Waals surface area contributed by atoms with Gasteiger partial charge in [-0.2, -0.15) is 0 Å². The van der Waals surface area contributed by atoms with Gasteiger partial charge < -0.3 is 9.73 Å². The van der Waals surface area contributed by atoms with Crippen molar-refractivity contribution in [2.45, 2.75) is 13.0 Å². The van der Waals surface area contributed by atoms with Crippen molar-refractivity contribution in [2.75, 3.05) is 6.54 Å². The molecule has 1 atom stereocenters. The number of hydrogen-bond donors (Lipinski definition) is 1. The summed E-state index contributed by atoms with van der Waals surface area (Å²) < 4.78 is 19.3. The standard InChI is InChI=1S/C13H12Cl2FNO/c1-2-17-13(11-5-6-12(15)18-11)9-4-3-8(14)7-10(9)16/h3-7,13,17H,2H2,1H3. The Kier molecular flexibility index (Phi) is 4.27. The molecule has 1 aromatic heterocycles. The summed E-state index contributed by atoms with van der Waals surface area (Å²) in [6.07, 6.45) is 0. The molecule has 1 unspecified atom stereocenters. The molecule has 5 heteroatoms. The molecule has 0 radical (unpaired) electrons. The summed E-state index contributed by atoms with van der Waals surface area (Å²) in [7, 11) is 0. The van der Waals surface area contributed by atoms with Crippen molar-refractivity contribution in [1.29, 1.82) is 0 Å². The van der Waals surface area contributed by atoms with E-state index in [0.717, 1.165) is 0 Å². The highest BCUT2D eigenvalue weighted by atomic mass is 35.5.